The van der Waals surface area contributed by atoms with E-state index in [0.717, 1.165) is 10.0 Å². The monoisotopic (exact) mass is 348 g/mol. The Morgan fingerprint density at radius 2 is 1.95 bits per heavy atom. The Kier molecular flexibility index (Phi) is 5.09. The summed E-state index contributed by atoms with van der Waals surface area (Å²) in [4.78, 5) is 10.6. The van der Waals surface area contributed by atoms with Gasteiger partial charge in [-0.2, -0.15) is 0 Å². The number of hydrogen-bond acceptors (Lipinski definition) is 3. The number of nitro groups is 1. The summed E-state index contributed by atoms with van der Waals surface area (Å²) in [6.07, 6.45) is 0. The van der Waals surface area contributed by atoms with Gasteiger partial charge in [0.1, 0.15) is 0 Å². The summed E-state index contributed by atoms with van der Waals surface area (Å²) in [7, 11) is 0. The number of hydrogen-bond donors (Lipinski definition) is 1. The Bertz CT molecular complexity index is 658. The number of rotatable bonds is 5. The predicted octanol–water partition coefficient (Wildman–Crippen LogP) is 4.52. The highest BCUT2D eigenvalue weighted by molar-refractivity contribution is 9.10. The highest BCUT2D eigenvalue weighted by atomic mass is 79.9. The van der Waals surface area contributed by atoms with Crippen LogP contribution >= 0.6 is 15.9 Å². The SMILES string of the molecule is Cc1c(CN[C@H](C)c2ccccc2Br)cccc1[N+](=O)[O-]. The van der Waals surface area contributed by atoms with Crippen molar-refractivity contribution < 1.29 is 4.92 Å². The van der Waals surface area contributed by atoms with E-state index in [-0.39, 0.29) is 16.7 Å². The minimum atomic E-state index is -0.337. The maximum absolute atomic E-state index is 11.0. The molecule has 0 aromatic heterocycles. The van der Waals surface area contributed by atoms with Crippen molar-refractivity contribution in [3.05, 3.63) is 73.7 Å². The Morgan fingerprint density at radius 1 is 1.24 bits per heavy atom. The first-order valence-corrected chi connectivity index (χ1v) is 7.50. The fraction of sp³-hybridized carbons (Fsp3) is 0.250. The van der Waals surface area contributed by atoms with Crippen LogP contribution in [0, 0.1) is 17.0 Å². The predicted molar refractivity (Wildman–Crippen MR) is 87.2 cm³/mol. The molecule has 0 aliphatic heterocycles. The molecule has 2 aromatic rings. The smallest absolute Gasteiger partial charge is 0.272 e. The third kappa shape index (κ3) is 3.68. The summed E-state index contributed by atoms with van der Waals surface area (Å²) < 4.78 is 1.06. The van der Waals surface area contributed by atoms with Crippen molar-refractivity contribution in [2.45, 2.75) is 26.4 Å². The van der Waals surface area contributed by atoms with Gasteiger partial charge in [-0.05, 0) is 31.0 Å². The van der Waals surface area contributed by atoms with Crippen LogP contribution in [0.5, 0.6) is 0 Å². The van der Waals surface area contributed by atoms with Crippen molar-refractivity contribution in [2.75, 3.05) is 0 Å². The maximum atomic E-state index is 11.0. The molecule has 4 nitrogen and oxygen atoms in total. The Balaban J connectivity index is 2.12. The average molecular weight is 349 g/mol. The van der Waals surface area contributed by atoms with Crippen LogP contribution in [0.3, 0.4) is 0 Å². The third-order valence-corrected chi connectivity index (χ3v) is 4.31. The van der Waals surface area contributed by atoms with Gasteiger partial charge in [-0.15, -0.1) is 0 Å². The number of nitro benzene ring substituents is 1. The molecule has 0 spiro atoms. The molecule has 1 atom stereocenters. The van der Waals surface area contributed by atoms with E-state index in [4.69, 9.17) is 0 Å². The van der Waals surface area contributed by atoms with E-state index < -0.39 is 0 Å². The summed E-state index contributed by atoms with van der Waals surface area (Å²) in [5, 5.41) is 14.4. The van der Waals surface area contributed by atoms with Gasteiger partial charge in [0, 0.05) is 28.7 Å². The number of nitrogens with one attached hydrogen (secondary N) is 1. The summed E-state index contributed by atoms with van der Waals surface area (Å²) in [6, 6.07) is 13.4. The molecule has 0 heterocycles. The van der Waals surface area contributed by atoms with Gasteiger partial charge in [-0.3, -0.25) is 10.1 Å². The summed E-state index contributed by atoms with van der Waals surface area (Å²) in [5.74, 6) is 0. The fourth-order valence-corrected chi connectivity index (χ4v) is 2.89. The van der Waals surface area contributed by atoms with Gasteiger partial charge in [0.15, 0.2) is 0 Å². The molecule has 2 aromatic carbocycles. The molecule has 0 unspecified atom stereocenters. The van der Waals surface area contributed by atoms with Crippen LogP contribution < -0.4 is 5.32 Å². The molecule has 110 valence electrons. The molecular weight excluding hydrogens is 332 g/mol. The molecule has 1 N–H and O–H groups in total. The largest absolute Gasteiger partial charge is 0.306 e. The fourth-order valence-electron chi connectivity index (χ4n) is 2.26. The molecule has 21 heavy (non-hydrogen) atoms. The number of benzene rings is 2. The quantitative estimate of drug-likeness (QED) is 0.638. The summed E-state index contributed by atoms with van der Waals surface area (Å²) in [5.41, 5.74) is 3.00. The van der Waals surface area contributed by atoms with Crippen molar-refractivity contribution in [1.29, 1.82) is 0 Å². The highest BCUT2D eigenvalue weighted by Gasteiger charge is 2.14. The van der Waals surface area contributed by atoms with Gasteiger partial charge < -0.3 is 5.32 Å². The summed E-state index contributed by atoms with van der Waals surface area (Å²) >= 11 is 3.54. The topological polar surface area (TPSA) is 55.2 Å². The molecule has 0 bridgehead atoms. The summed E-state index contributed by atoms with van der Waals surface area (Å²) in [6.45, 7) is 4.46. The second kappa shape index (κ2) is 6.83. The molecule has 0 radical (unpaired) electrons. The van der Waals surface area contributed by atoms with E-state index >= 15 is 0 Å². The lowest BCUT2D eigenvalue weighted by atomic mass is 10.1. The van der Waals surface area contributed by atoms with Gasteiger partial charge in [-0.25, -0.2) is 0 Å². The molecule has 5 heteroatoms. The normalized spacial score (nSPS) is 12.1. The lowest BCUT2D eigenvalue weighted by molar-refractivity contribution is -0.385. The Morgan fingerprint density at radius 3 is 2.62 bits per heavy atom. The molecule has 0 saturated carbocycles. The second-order valence-electron chi connectivity index (χ2n) is 4.94. The average Bonchev–Trinajstić information content (AvgIpc) is 2.46. The molecule has 0 aliphatic rings. The van der Waals surface area contributed by atoms with E-state index in [1.165, 1.54) is 11.6 Å². The van der Waals surface area contributed by atoms with Crippen molar-refractivity contribution >= 4 is 21.6 Å². The van der Waals surface area contributed by atoms with Crippen molar-refractivity contribution in [3.63, 3.8) is 0 Å². The lowest BCUT2D eigenvalue weighted by Crippen LogP contribution is -2.19. The number of halogens is 1. The van der Waals surface area contributed by atoms with Crippen LogP contribution in [0.1, 0.15) is 29.7 Å². The van der Waals surface area contributed by atoms with Crippen molar-refractivity contribution in [3.8, 4) is 0 Å². The van der Waals surface area contributed by atoms with E-state index in [9.17, 15) is 10.1 Å². The number of nitrogens with zero attached hydrogens (tertiary/aromatic N) is 1. The van der Waals surface area contributed by atoms with Crippen LogP contribution in [0.15, 0.2) is 46.9 Å². The van der Waals surface area contributed by atoms with Crippen LogP contribution in [0.25, 0.3) is 0 Å². The first kappa shape index (κ1) is 15.7. The molecule has 0 saturated heterocycles. The zero-order valence-electron chi connectivity index (χ0n) is 12.0. The van der Waals surface area contributed by atoms with Gasteiger partial charge in [-0.1, -0.05) is 46.3 Å². The molecule has 2 rings (SSSR count). The molecule has 0 amide bonds. The molecule has 0 fully saturated rings. The van der Waals surface area contributed by atoms with Crippen molar-refractivity contribution in [2.24, 2.45) is 0 Å². The Labute approximate surface area is 132 Å². The zero-order chi connectivity index (χ0) is 15.4. The van der Waals surface area contributed by atoms with Crippen LogP contribution in [0.2, 0.25) is 0 Å². The minimum Gasteiger partial charge on any atom is -0.306 e. The highest BCUT2D eigenvalue weighted by Crippen LogP contribution is 2.24. The van der Waals surface area contributed by atoms with Gasteiger partial charge in [0.05, 0.1) is 4.92 Å². The maximum Gasteiger partial charge on any atom is 0.272 e. The third-order valence-electron chi connectivity index (χ3n) is 3.58. The van der Waals surface area contributed by atoms with Crippen LogP contribution in [-0.2, 0) is 6.54 Å². The zero-order valence-corrected chi connectivity index (χ0v) is 13.6. The minimum absolute atomic E-state index is 0.152. The van der Waals surface area contributed by atoms with Crippen molar-refractivity contribution in [1.82, 2.24) is 5.32 Å². The van der Waals surface area contributed by atoms with Gasteiger partial charge in [0.25, 0.3) is 5.69 Å². The first-order valence-electron chi connectivity index (χ1n) is 6.71. The van der Waals surface area contributed by atoms with Gasteiger partial charge in [0.2, 0.25) is 0 Å². The van der Waals surface area contributed by atoms with Gasteiger partial charge >= 0.3 is 0 Å². The molecule has 0 aliphatic carbocycles. The van der Waals surface area contributed by atoms with E-state index in [1.54, 1.807) is 13.0 Å². The molecular formula is C16H17BrN2O2. The Hall–Kier alpha value is -1.72. The van der Waals surface area contributed by atoms with E-state index in [0.29, 0.717) is 12.1 Å². The standard InChI is InChI=1S/C16H17BrN2O2/c1-11-13(6-5-9-16(11)19(20)21)10-18-12(2)14-7-3-4-8-15(14)17/h3-9,12,18H,10H2,1-2H3/t12-/m1/s1. The van der Waals surface area contributed by atoms with Crippen LogP contribution in [0.4, 0.5) is 5.69 Å². The lowest BCUT2D eigenvalue weighted by Gasteiger charge is -2.16. The van der Waals surface area contributed by atoms with Crippen LogP contribution in [-0.4, -0.2) is 4.92 Å². The first-order chi connectivity index (χ1) is 10.0. The second-order valence-corrected chi connectivity index (χ2v) is 5.80. The van der Waals surface area contributed by atoms with E-state index in [2.05, 4.69) is 34.2 Å². The van der Waals surface area contributed by atoms with E-state index in [1.807, 2.05) is 24.3 Å².